The topological polar surface area (TPSA) is 106 Å². The zero-order valence-electron chi connectivity index (χ0n) is 12.6. The highest BCUT2D eigenvalue weighted by molar-refractivity contribution is 7.89. The molecule has 1 aromatic carbocycles. The summed E-state index contributed by atoms with van der Waals surface area (Å²) < 4.78 is 31.2. The van der Waals surface area contributed by atoms with Crippen LogP contribution in [0.5, 0.6) is 0 Å². The lowest BCUT2D eigenvalue weighted by atomic mass is 10.2. The first kappa shape index (κ1) is 15.7. The van der Waals surface area contributed by atoms with Crippen LogP contribution in [0, 0.1) is 0 Å². The highest BCUT2D eigenvalue weighted by Gasteiger charge is 2.28. The summed E-state index contributed by atoms with van der Waals surface area (Å²) in [6.45, 7) is 0.732. The molecule has 7 nitrogen and oxygen atoms in total. The van der Waals surface area contributed by atoms with Gasteiger partial charge >= 0.3 is 0 Å². The van der Waals surface area contributed by atoms with Gasteiger partial charge in [-0.2, -0.15) is 0 Å². The summed E-state index contributed by atoms with van der Waals surface area (Å²) >= 11 is 0. The number of amides is 1. The normalized spacial score (nSPS) is 14.1. The van der Waals surface area contributed by atoms with Gasteiger partial charge in [0.05, 0.1) is 17.0 Å². The molecular weight excluding hydrogens is 318 g/mol. The Morgan fingerprint density at radius 1 is 1.39 bits per heavy atom. The van der Waals surface area contributed by atoms with E-state index >= 15 is 0 Å². The van der Waals surface area contributed by atoms with E-state index < -0.39 is 10.0 Å². The Kier molecular flexibility index (Phi) is 3.97. The van der Waals surface area contributed by atoms with Crippen LogP contribution in [0.3, 0.4) is 0 Å². The number of anilines is 1. The molecule has 0 unspecified atom stereocenters. The molecule has 3 rings (SSSR count). The molecule has 0 saturated carbocycles. The minimum atomic E-state index is -3.49. The van der Waals surface area contributed by atoms with Crippen molar-refractivity contribution in [3.8, 4) is 0 Å². The predicted molar refractivity (Wildman–Crippen MR) is 84.7 cm³/mol. The van der Waals surface area contributed by atoms with Gasteiger partial charge in [-0.3, -0.25) is 4.79 Å². The van der Waals surface area contributed by atoms with Crippen LogP contribution >= 0.6 is 0 Å². The zero-order chi connectivity index (χ0) is 16.6. The average molecular weight is 335 g/mol. The number of nitrogens with zero attached hydrogens (tertiary/aromatic N) is 1. The molecule has 122 valence electrons. The summed E-state index contributed by atoms with van der Waals surface area (Å²) in [6.07, 6.45) is 2.00. The number of hydrogen-bond donors (Lipinski definition) is 2. The summed E-state index contributed by atoms with van der Waals surface area (Å²) in [5, 5.41) is 0. The third-order valence-corrected chi connectivity index (χ3v) is 5.28. The van der Waals surface area contributed by atoms with Crippen molar-refractivity contribution in [1.29, 1.82) is 0 Å². The molecule has 1 aliphatic rings. The van der Waals surface area contributed by atoms with Gasteiger partial charge in [0.1, 0.15) is 12.0 Å². The van der Waals surface area contributed by atoms with Gasteiger partial charge < -0.3 is 15.1 Å². The largest absolute Gasteiger partial charge is 0.467 e. The number of benzene rings is 1. The summed E-state index contributed by atoms with van der Waals surface area (Å²) in [5.74, 6) is 0.361. The fourth-order valence-corrected chi connectivity index (χ4v) is 3.41. The number of furan rings is 1. The van der Waals surface area contributed by atoms with Crippen LogP contribution < -0.4 is 15.4 Å². The van der Waals surface area contributed by atoms with Crippen LogP contribution in [0.4, 0.5) is 5.69 Å². The standard InChI is InChI=1S/C15H17N3O4S/c1-17-23(20,21)13-2-3-14-10(7-13)4-5-18(14)15(19)11-6-12(8-16)22-9-11/h2-3,6-7,9,17H,4-5,8,16H2,1H3. The monoisotopic (exact) mass is 335 g/mol. The van der Waals surface area contributed by atoms with Gasteiger partial charge in [-0.1, -0.05) is 0 Å². The van der Waals surface area contributed by atoms with Gasteiger partial charge in [-0.25, -0.2) is 13.1 Å². The van der Waals surface area contributed by atoms with Crippen molar-refractivity contribution in [3.05, 3.63) is 47.4 Å². The third kappa shape index (κ3) is 2.76. The number of fused-ring (bicyclic) bond motifs is 1. The van der Waals surface area contributed by atoms with Crippen LogP contribution in [0.2, 0.25) is 0 Å². The first-order valence-electron chi connectivity index (χ1n) is 7.12. The molecule has 0 bridgehead atoms. The number of nitrogens with two attached hydrogens (primary N) is 1. The number of rotatable bonds is 4. The molecule has 23 heavy (non-hydrogen) atoms. The van der Waals surface area contributed by atoms with E-state index in [1.165, 1.54) is 19.4 Å². The van der Waals surface area contributed by atoms with Gasteiger partial charge in [-0.15, -0.1) is 0 Å². The highest BCUT2D eigenvalue weighted by atomic mass is 32.2. The number of carbonyl (C=O) groups is 1. The van der Waals surface area contributed by atoms with Crippen molar-refractivity contribution in [2.24, 2.45) is 5.73 Å². The molecule has 3 N–H and O–H groups in total. The van der Waals surface area contributed by atoms with E-state index in [9.17, 15) is 13.2 Å². The molecule has 1 amide bonds. The Morgan fingerprint density at radius 3 is 2.83 bits per heavy atom. The maximum atomic E-state index is 12.6. The van der Waals surface area contributed by atoms with E-state index in [2.05, 4.69) is 4.72 Å². The third-order valence-electron chi connectivity index (χ3n) is 3.87. The molecule has 2 aromatic rings. The van der Waals surface area contributed by atoms with Crippen molar-refractivity contribution in [2.75, 3.05) is 18.5 Å². The first-order valence-corrected chi connectivity index (χ1v) is 8.60. The van der Waals surface area contributed by atoms with Gasteiger partial charge in [0.2, 0.25) is 10.0 Å². The minimum Gasteiger partial charge on any atom is -0.467 e. The summed E-state index contributed by atoms with van der Waals surface area (Å²) in [5.41, 5.74) is 7.47. The van der Waals surface area contributed by atoms with Crippen LogP contribution in [0.1, 0.15) is 21.7 Å². The lowest BCUT2D eigenvalue weighted by Crippen LogP contribution is -2.28. The fraction of sp³-hybridized carbons (Fsp3) is 0.267. The van der Waals surface area contributed by atoms with Gasteiger partial charge in [-0.05, 0) is 43.3 Å². The Hall–Kier alpha value is -2.16. The molecule has 1 aromatic heterocycles. The molecular formula is C15H17N3O4S. The molecule has 8 heteroatoms. The minimum absolute atomic E-state index is 0.184. The Balaban J connectivity index is 1.91. The SMILES string of the molecule is CNS(=O)(=O)c1ccc2c(c1)CCN2C(=O)c1coc(CN)c1. The lowest BCUT2D eigenvalue weighted by molar-refractivity contribution is 0.0989. The average Bonchev–Trinajstić information content (AvgIpc) is 3.20. The molecule has 0 spiro atoms. The second kappa shape index (κ2) is 5.80. The van der Waals surface area contributed by atoms with Crippen molar-refractivity contribution in [1.82, 2.24) is 4.72 Å². The van der Waals surface area contributed by atoms with Gasteiger partial charge in [0.15, 0.2) is 0 Å². The maximum absolute atomic E-state index is 12.6. The molecule has 0 atom stereocenters. The summed E-state index contributed by atoms with van der Waals surface area (Å²) in [4.78, 5) is 14.4. The smallest absolute Gasteiger partial charge is 0.261 e. The Morgan fingerprint density at radius 2 is 2.17 bits per heavy atom. The van der Waals surface area contributed by atoms with Crippen molar-refractivity contribution in [3.63, 3.8) is 0 Å². The maximum Gasteiger partial charge on any atom is 0.261 e. The zero-order valence-corrected chi connectivity index (χ0v) is 13.4. The van der Waals surface area contributed by atoms with E-state index in [4.69, 9.17) is 10.2 Å². The van der Waals surface area contributed by atoms with Crippen LogP contribution in [0.25, 0.3) is 0 Å². The second-order valence-corrected chi connectivity index (χ2v) is 7.10. The molecule has 0 radical (unpaired) electrons. The van der Waals surface area contributed by atoms with Crippen LogP contribution in [0.15, 0.2) is 39.8 Å². The number of nitrogens with one attached hydrogen (secondary N) is 1. The van der Waals surface area contributed by atoms with Crippen molar-refractivity contribution >= 4 is 21.6 Å². The Bertz CT molecular complexity index is 857. The fourth-order valence-electron chi connectivity index (χ4n) is 2.63. The van der Waals surface area contributed by atoms with Crippen molar-refractivity contribution < 1.29 is 17.6 Å². The number of carbonyl (C=O) groups excluding carboxylic acids is 1. The van der Waals surface area contributed by atoms with E-state index in [0.717, 1.165) is 11.3 Å². The molecule has 0 fully saturated rings. The van der Waals surface area contributed by atoms with Gasteiger partial charge in [0.25, 0.3) is 5.91 Å². The Labute approximate surface area is 134 Å². The lowest BCUT2D eigenvalue weighted by Gasteiger charge is -2.16. The second-order valence-electron chi connectivity index (χ2n) is 5.21. The van der Waals surface area contributed by atoms with E-state index in [1.54, 1.807) is 23.1 Å². The quantitative estimate of drug-likeness (QED) is 0.861. The van der Waals surface area contributed by atoms with Crippen molar-refractivity contribution in [2.45, 2.75) is 17.9 Å². The van der Waals surface area contributed by atoms with E-state index in [-0.39, 0.29) is 17.3 Å². The molecule has 0 aliphatic carbocycles. The predicted octanol–water partition coefficient (Wildman–Crippen LogP) is 0.849. The van der Waals surface area contributed by atoms with Crippen LogP contribution in [-0.4, -0.2) is 27.9 Å². The number of hydrogen-bond acceptors (Lipinski definition) is 5. The van der Waals surface area contributed by atoms with E-state index in [1.807, 2.05) is 0 Å². The number of sulfonamides is 1. The summed E-state index contributed by atoms with van der Waals surface area (Å²) in [7, 11) is -2.12. The molecule has 0 saturated heterocycles. The molecule has 2 heterocycles. The molecule has 1 aliphatic heterocycles. The first-order chi connectivity index (χ1) is 11.0. The van der Waals surface area contributed by atoms with E-state index in [0.29, 0.717) is 24.3 Å². The van der Waals surface area contributed by atoms with Gasteiger partial charge in [0, 0.05) is 12.2 Å². The summed E-state index contributed by atoms with van der Waals surface area (Å²) in [6, 6.07) is 6.39. The highest BCUT2D eigenvalue weighted by Crippen LogP contribution is 2.31. The van der Waals surface area contributed by atoms with Crippen LogP contribution in [-0.2, 0) is 23.0 Å².